The van der Waals surface area contributed by atoms with Crippen molar-refractivity contribution in [3.63, 3.8) is 0 Å². The van der Waals surface area contributed by atoms with Crippen LogP contribution < -0.4 is 10.6 Å². The normalized spacial score (nSPS) is 10.8. The van der Waals surface area contributed by atoms with Crippen LogP contribution in [0, 0.1) is 0 Å². The van der Waals surface area contributed by atoms with Gasteiger partial charge in [0.2, 0.25) is 0 Å². The van der Waals surface area contributed by atoms with Gasteiger partial charge < -0.3 is 10.6 Å². The van der Waals surface area contributed by atoms with Crippen molar-refractivity contribution in [3.05, 3.63) is 52.9 Å². The Morgan fingerprint density at radius 2 is 2.11 bits per heavy atom. The van der Waals surface area contributed by atoms with Crippen LogP contribution >= 0.6 is 11.3 Å². The lowest BCUT2D eigenvalue weighted by Crippen LogP contribution is -2.18. The SMILES string of the molecule is CN(Cc1ccsc1)c1c(N)cnc2ccccc12. The molecule has 0 aliphatic rings. The maximum Gasteiger partial charge on any atom is 0.0745 e. The standard InChI is InChI=1S/C15H15N3S/c1-18(9-11-6-7-19-10-11)15-12-4-2-3-5-14(12)17-8-13(15)16/h2-8,10H,9,16H2,1H3. The summed E-state index contributed by atoms with van der Waals surface area (Å²) >= 11 is 1.71. The predicted molar refractivity (Wildman–Crippen MR) is 82.6 cm³/mol. The average molecular weight is 269 g/mol. The van der Waals surface area contributed by atoms with Crippen LogP contribution in [-0.2, 0) is 6.54 Å². The van der Waals surface area contributed by atoms with E-state index in [1.807, 2.05) is 18.2 Å². The van der Waals surface area contributed by atoms with Crippen molar-refractivity contribution in [1.29, 1.82) is 0 Å². The number of fused-ring (bicyclic) bond motifs is 1. The number of hydrogen-bond acceptors (Lipinski definition) is 4. The smallest absolute Gasteiger partial charge is 0.0745 e. The molecule has 19 heavy (non-hydrogen) atoms. The number of nitrogens with two attached hydrogens (primary N) is 1. The number of aromatic nitrogens is 1. The summed E-state index contributed by atoms with van der Waals surface area (Å²) < 4.78 is 0. The van der Waals surface area contributed by atoms with Gasteiger partial charge in [0.15, 0.2) is 0 Å². The molecule has 3 rings (SSSR count). The minimum Gasteiger partial charge on any atom is -0.396 e. The molecule has 0 aliphatic carbocycles. The zero-order valence-corrected chi connectivity index (χ0v) is 11.5. The highest BCUT2D eigenvalue weighted by molar-refractivity contribution is 7.07. The van der Waals surface area contributed by atoms with Gasteiger partial charge in [0, 0.05) is 19.0 Å². The number of nitrogens with zero attached hydrogens (tertiary/aromatic N) is 2. The van der Waals surface area contributed by atoms with E-state index in [4.69, 9.17) is 5.73 Å². The van der Waals surface area contributed by atoms with Gasteiger partial charge in [0.25, 0.3) is 0 Å². The topological polar surface area (TPSA) is 42.1 Å². The quantitative estimate of drug-likeness (QED) is 0.791. The van der Waals surface area contributed by atoms with E-state index in [1.54, 1.807) is 17.5 Å². The highest BCUT2D eigenvalue weighted by atomic mass is 32.1. The van der Waals surface area contributed by atoms with Gasteiger partial charge in [-0.05, 0) is 28.5 Å². The van der Waals surface area contributed by atoms with Gasteiger partial charge in [-0.1, -0.05) is 18.2 Å². The van der Waals surface area contributed by atoms with Crippen LogP contribution in [0.3, 0.4) is 0 Å². The Balaban J connectivity index is 2.05. The van der Waals surface area contributed by atoms with Crippen LogP contribution in [0.4, 0.5) is 11.4 Å². The largest absolute Gasteiger partial charge is 0.396 e. The van der Waals surface area contributed by atoms with Crippen molar-refractivity contribution in [3.8, 4) is 0 Å². The van der Waals surface area contributed by atoms with Crippen LogP contribution in [0.1, 0.15) is 5.56 Å². The fourth-order valence-corrected chi connectivity index (χ4v) is 2.96. The van der Waals surface area contributed by atoms with E-state index >= 15 is 0 Å². The molecule has 0 amide bonds. The number of pyridine rings is 1. The zero-order valence-electron chi connectivity index (χ0n) is 10.7. The molecule has 0 spiro atoms. The van der Waals surface area contributed by atoms with Crippen molar-refractivity contribution in [1.82, 2.24) is 4.98 Å². The first-order valence-corrected chi connectivity index (χ1v) is 7.05. The second-order valence-corrected chi connectivity index (χ2v) is 5.35. The van der Waals surface area contributed by atoms with E-state index in [2.05, 4.69) is 39.8 Å². The molecule has 2 N–H and O–H groups in total. The van der Waals surface area contributed by atoms with Gasteiger partial charge in [-0.2, -0.15) is 11.3 Å². The third-order valence-electron chi connectivity index (χ3n) is 3.16. The molecule has 0 atom stereocenters. The van der Waals surface area contributed by atoms with Gasteiger partial charge in [0.05, 0.1) is 23.1 Å². The Kier molecular flexibility index (Phi) is 3.09. The molecule has 4 heteroatoms. The van der Waals surface area contributed by atoms with Crippen LogP contribution in [0.15, 0.2) is 47.3 Å². The number of rotatable bonds is 3. The molecule has 0 radical (unpaired) electrons. The first kappa shape index (κ1) is 12.0. The maximum atomic E-state index is 6.11. The summed E-state index contributed by atoms with van der Waals surface area (Å²) in [6, 6.07) is 10.2. The lowest BCUT2D eigenvalue weighted by molar-refractivity contribution is 0.933. The Labute approximate surface area is 116 Å². The predicted octanol–water partition coefficient (Wildman–Crippen LogP) is 3.51. The maximum absolute atomic E-state index is 6.11. The molecule has 0 saturated heterocycles. The number of nitrogen functional groups attached to an aromatic ring is 1. The third kappa shape index (κ3) is 2.27. The molecule has 0 unspecified atom stereocenters. The molecule has 1 aromatic carbocycles. The van der Waals surface area contributed by atoms with Crippen LogP contribution in [-0.4, -0.2) is 12.0 Å². The van der Waals surface area contributed by atoms with Crippen LogP contribution in [0.2, 0.25) is 0 Å². The molecule has 2 aromatic heterocycles. The highest BCUT2D eigenvalue weighted by Crippen LogP contribution is 2.31. The summed E-state index contributed by atoms with van der Waals surface area (Å²) in [6.07, 6.45) is 1.74. The molecular formula is C15H15N3S. The molecule has 3 aromatic rings. The molecular weight excluding hydrogens is 254 g/mol. The van der Waals surface area contributed by atoms with Crippen molar-refractivity contribution in [2.24, 2.45) is 0 Å². The summed E-state index contributed by atoms with van der Waals surface area (Å²) in [6.45, 7) is 0.849. The molecule has 0 fully saturated rings. The number of benzene rings is 1. The molecule has 2 heterocycles. The van der Waals surface area contributed by atoms with Crippen LogP contribution in [0.25, 0.3) is 10.9 Å². The van der Waals surface area contributed by atoms with E-state index in [0.717, 1.165) is 28.8 Å². The van der Waals surface area contributed by atoms with Crippen molar-refractivity contribution < 1.29 is 0 Å². The molecule has 0 aliphatic heterocycles. The number of thiophene rings is 1. The van der Waals surface area contributed by atoms with Crippen molar-refractivity contribution >= 4 is 33.6 Å². The summed E-state index contributed by atoms with van der Waals surface area (Å²) in [4.78, 5) is 6.55. The molecule has 96 valence electrons. The lowest BCUT2D eigenvalue weighted by Gasteiger charge is -2.22. The summed E-state index contributed by atoms with van der Waals surface area (Å²) in [7, 11) is 2.07. The lowest BCUT2D eigenvalue weighted by atomic mass is 10.1. The number of para-hydroxylation sites is 1. The second-order valence-electron chi connectivity index (χ2n) is 4.57. The van der Waals surface area contributed by atoms with E-state index < -0.39 is 0 Å². The van der Waals surface area contributed by atoms with Crippen molar-refractivity contribution in [2.75, 3.05) is 17.7 Å². The van der Waals surface area contributed by atoms with Gasteiger partial charge in [-0.3, -0.25) is 4.98 Å². The Morgan fingerprint density at radius 3 is 2.89 bits per heavy atom. The van der Waals surface area contributed by atoms with Crippen molar-refractivity contribution in [2.45, 2.75) is 6.54 Å². The van der Waals surface area contributed by atoms with Gasteiger partial charge in [0.1, 0.15) is 0 Å². The second kappa shape index (κ2) is 4.90. The van der Waals surface area contributed by atoms with E-state index in [0.29, 0.717) is 0 Å². The summed E-state index contributed by atoms with van der Waals surface area (Å²) in [5.74, 6) is 0. The molecule has 0 bridgehead atoms. The Morgan fingerprint density at radius 1 is 1.26 bits per heavy atom. The first-order valence-electron chi connectivity index (χ1n) is 6.11. The summed E-state index contributed by atoms with van der Waals surface area (Å²) in [5, 5.41) is 5.35. The highest BCUT2D eigenvalue weighted by Gasteiger charge is 2.11. The zero-order chi connectivity index (χ0) is 13.2. The third-order valence-corrected chi connectivity index (χ3v) is 3.89. The van der Waals surface area contributed by atoms with Gasteiger partial charge in [-0.15, -0.1) is 0 Å². The number of anilines is 2. The average Bonchev–Trinajstić information content (AvgIpc) is 2.91. The minimum atomic E-state index is 0.719. The van der Waals surface area contributed by atoms with Crippen LogP contribution in [0.5, 0.6) is 0 Å². The van der Waals surface area contributed by atoms with E-state index in [9.17, 15) is 0 Å². The monoisotopic (exact) mass is 269 g/mol. The molecule has 0 saturated carbocycles. The first-order chi connectivity index (χ1) is 9.25. The van der Waals surface area contributed by atoms with E-state index in [-0.39, 0.29) is 0 Å². The van der Waals surface area contributed by atoms with Gasteiger partial charge in [-0.25, -0.2) is 0 Å². The van der Waals surface area contributed by atoms with E-state index in [1.165, 1.54) is 5.56 Å². The Bertz CT molecular complexity index is 692. The Hall–Kier alpha value is -2.07. The number of hydrogen-bond donors (Lipinski definition) is 1. The fraction of sp³-hybridized carbons (Fsp3) is 0.133. The minimum absolute atomic E-state index is 0.719. The van der Waals surface area contributed by atoms with Gasteiger partial charge >= 0.3 is 0 Å². The summed E-state index contributed by atoms with van der Waals surface area (Å²) in [5.41, 5.74) is 10.2. The molecule has 3 nitrogen and oxygen atoms in total. The fourth-order valence-electron chi connectivity index (χ4n) is 2.30.